The largest absolute Gasteiger partial charge is 0.396 e. The number of amides is 1. The molecule has 1 aromatic rings. The molecule has 0 aromatic carbocycles. The van der Waals surface area contributed by atoms with Crippen molar-refractivity contribution in [2.75, 3.05) is 13.2 Å². The SMILES string of the molecule is CCCCCn1nc(C(C)(C)C)cc1C(=O)NCC(C)CO. The summed E-state index contributed by atoms with van der Waals surface area (Å²) < 4.78 is 1.83. The third kappa shape index (κ3) is 5.44. The number of rotatable bonds is 8. The smallest absolute Gasteiger partial charge is 0.269 e. The summed E-state index contributed by atoms with van der Waals surface area (Å²) in [5.74, 6) is -0.0534. The van der Waals surface area contributed by atoms with Crippen LogP contribution in [0.4, 0.5) is 0 Å². The number of unbranched alkanes of at least 4 members (excludes halogenated alkanes) is 2. The van der Waals surface area contributed by atoms with Gasteiger partial charge in [-0.15, -0.1) is 0 Å². The first-order valence-electron chi connectivity index (χ1n) is 8.27. The molecular formula is C17H31N3O2. The second-order valence-electron chi connectivity index (χ2n) is 7.09. The average molecular weight is 309 g/mol. The van der Waals surface area contributed by atoms with Crippen LogP contribution in [0.1, 0.15) is 70.1 Å². The first-order chi connectivity index (χ1) is 10.3. The summed E-state index contributed by atoms with van der Waals surface area (Å²) in [6.45, 7) is 11.7. The quantitative estimate of drug-likeness (QED) is 0.726. The lowest BCUT2D eigenvalue weighted by Gasteiger charge is -2.14. The Morgan fingerprint density at radius 3 is 2.64 bits per heavy atom. The lowest BCUT2D eigenvalue weighted by atomic mass is 9.92. The van der Waals surface area contributed by atoms with Gasteiger partial charge in [-0.05, 0) is 18.4 Å². The maximum atomic E-state index is 12.4. The van der Waals surface area contributed by atoms with Gasteiger partial charge in [0.05, 0.1) is 5.69 Å². The molecule has 0 saturated heterocycles. The molecule has 0 aliphatic rings. The van der Waals surface area contributed by atoms with Crippen LogP contribution in [0.2, 0.25) is 0 Å². The standard InChI is InChI=1S/C17H31N3O2/c1-6-7-8-9-20-14(10-15(19-20)17(3,4)5)16(22)18-11-13(2)12-21/h10,13,21H,6-9,11-12H2,1-5H3,(H,18,22). The van der Waals surface area contributed by atoms with Crippen LogP contribution in [0.3, 0.4) is 0 Å². The summed E-state index contributed by atoms with van der Waals surface area (Å²) in [6, 6.07) is 1.89. The van der Waals surface area contributed by atoms with Crippen molar-refractivity contribution in [2.24, 2.45) is 5.92 Å². The molecule has 1 rings (SSSR count). The summed E-state index contributed by atoms with van der Waals surface area (Å²) in [6.07, 6.45) is 3.30. The van der Waals surface area contributed by atoms with Crippen LogP contribution in [0.15, 0.2) is 6.07 Å². The zero-order valence-electron chi connectivity index (χ0n) is 14.6. The van der Waals surface area contributed by atoms with E-state index < -0.39 is 0 Å². The van der Waals surface area contributed by atoms with Gasteiger partial charge in [0.15, 0.2) is 0 Å². The van der Waals surface area contributed by atoms with E-state index in [1.54, 1.807) is 0 Å². The highest BCUT2D eigenvalue weighted by atomic mass is 16.3. The van der Waals surface area contributed by atoms with Crippen LogP contribution in [-0.2, 0) is 12.0 Å². The first-order valence-corrected chi connectivity index (χ1v) is 8.27. The number of hydrogen-bond donors (Lipinski definition) is 2. The summed E-state index contributed by atoms with van der Waals surface area (Å²) >= 11 is 0. The minimum Gasteiger partial charge on any atom is -0.396 e. The zero-order chi connectivity index (χ0) is 16.8. The molecule has 0 radical (unpaired) electrons. The number of nitrogens with one attached hydrogen (secondary N) is 1. The molecule has 1 amide bonds. The monoisotopic (exact) mass is 309 g/mol. The van der Waals surface area contributed by atoms with E-state index in [0.717, 1.165) is 31.5 Å². The summed E-state index contributed by atoms with van der Waals surface area (Å²) in [7, 11) is 0. The molecule has 0 bridgehead atoms. The van der Waals surface area contributed by atoms with Gasteiger partial charge in [-0.25, -0.2) is 0 Å². The molecule has 5 heteroatoms. The van der Waals surface area contributed by atoms with Gasteiger partial charge in [0.25, 0.3) is 5.91 Å². The van der Waals surface area contributed by atoms with E-state index in [4.69, 9.17) is 5.11 Å². The Labute approximate surface area is 134 Å². The number of aryl methyl sites for hydroxylation is 1. The topological polar surface area (TPSA) is 67.2 Å². The van der Waals surface area contributed by atoms with Gasteiger partial charge < -0.3 is 10.4 Å². The maximum Gasteiger partial charge on any atom is 0.269 e. The molecule has 2 N–H and O–H groups in total. The highest BCUT2D eigenvalue weighted by molar-refractivity contribution is 5.92. The van der Waals surface area contributed by atoms with Crippen LogP contribution < -0.4 is 5.32 Å². The molecule has 1 heterocycles. The number of aliphatic hydroxyl groups excluding tert-OH is 1. The number of carbonyl (C=O) groups is 1. The Bertz CT molecular complexity index is 475. The highest BCUT2D eigenvalue weighted by Crippen LogP contribution is 2.22. The second kappa shape index (κ2) is 8.32. The van der Waals surface area contributed by atoms with E-state index in [0.29, 0.717) is 12.2 Å². The number of aliphatic hydroxyl groups is 1. The van der Waals surface area contributed by atoms with Crippen molar-refractivity contribution in [3.05, 3.63) is 17.5 Å². The molecular weight excluding hydrogens is 278 g/mol. The molecule has 0 spiro atoms. The van der Waals surface area contributed by atoms with Crippen LogP contribution in [0, 0.1) is 5.92 Å². The second-order valence-corrected chi connectivity index (χ2v) is 7.09. The Hall–Kier alpha value is -1.36. The number of aromatic nitrogens is 2. The molecule has 1 atom stereocenters. The van der Waals surface area contributed by atoms with Gasteiger partial charge >= 0.3 is 0 Å². The molecule has 0 aliphatic carbocycles. The summed E-state index contributed by atoms with van der Waals surface area (Å²) in [5.41, 5.74) is 1.47. The van der Waals surface area contributed by atoms with Crippen molar-refractivity contribution in [1.29, 1.82) is 0 Å². The van der Waals surface area contributed by atoms with E-state index in [1.165, 1.54) is 0 Å². The molecule has 1 aromatic heterocycles. The van der Waals surface area contributed by atoms with Crippen LogP contribution >= 0.6 is 0 Å². The van der Waals surface area contributed by atoms with Crippen molar-refractivity contribution in [3.63, 3.8) is 0 Å². The lowest BCUT2D eigenvalue weighted by Crippen LogP contribution is -2.31. The lowest BCUT2D eigenvalue weighted by molar-refractivity contribution is 0.0931. The van der Waals surface area contributed by atoms with Gasteiger partial charge in [0.2, 0.25) is 0 Å². The van der Waals surface area contributed by atoms with Crippen molar-refractivity contribution >= 4 is 5.91 Å². The van der Waals surface area contributed by atoms with Crippen molar-refractivity contribution in [1.82, 2.24) is 15.1 Å². The van der Waals surface area contributed by atoms with Gasteiger partial charge in [-0.3, -0.25) is 9.48 Å². The Kier molecular flexibility index (Phi) is 7.07. The third-order valence-corrected chi connectivity index (χ3v) is 3.68. The molecule has 126 valence electrons. The minimum absolute atomic E-state index is 0.0579. The van der Waals surface area contributed by atoms with E-state index >= 15 is 0 Å². The predicted molar refractivity (Wildman–Crippen MR) is 89.0 cm³/mol. The fourth-order valence-corrected chi connectivity index (χ4v) is 2.07. The third-order valence-electron chi connectivity index (χ3n) is 3.68. The Balaban J connectivity index is 2.89. The molecule has 1 unspecified atom stereocenters. The number of carbonyl (C=O) groups excluding carboxylic acids is 1. The van der Waals surface area contributed by atoms with Crippen molar-refractivity contribution in [2.45, 2.75) is 65.8 Å². The molecule has 5 nitrogen and oxygen atoms in total. The van der Waals surface area contributed by atoms with Crippen molar-refractivity contribution < 1.29 is 9.90 Å². The van der Waals surface area contributed by atoms with Crippen molar-refractivity contribution in [3.8, 4) is 0 Å². The van der Waals surface area contributed by atoms with Gasteiger partial charge in [0, 0.05) is 25.1 Å². The zero-order valence-corrected chi connectivity index (χ0v) is 14.6. The molecule has 0 aliphatic heterocycles. The van der Waals surface area contributed by atoms with E-state index in [-0.39, 0.29) is 23.8 Å². The Morgan fingerprint density at radius 1 is 1.41 bits per heavy atom. The highest BCUT2D eigenvalue weighted by Gasteiger charge is 2.22. The Morgan fingerprint density at radius 2 is 2.09 bits per heavy atom. The number of hydrogen-bond acceptors (Lipinski definition) is 3. The average Bonchev–Trinajstić information content (AvgIpc) is 2.89. The van der Waals surface area contributed by atoms with Gasteiger partial charge in [-0.2, -0.15) is 5.10 Å². The van der Waals surface area contributed by atoms with E-state index in [1.807, 2.05) is 17.7 Å². The summed E-state index contributed by atoms with van der Waals surface area (Å²) in [5, 5.41) is 16.6. The van der Waals surface area contributed by atoms with Crippen LogP contribution in [0.5, 0.6) is 0 Å². The van der Waals surface area contributed by atoms with Gasteiger partial charge in [0.1, 0.15) is 5.69 Å². The minimum atomic E-state index is -0.111. The summed E-state index contributed by atoms with van der Waals surface area (Å²) in [4.78, 5) is 12.4. The molecule has 22 heavy (non-hydrogen) atoms. The number of nitrogens with zero attached hydrogens (tertiary/aromatic N) is 2. The fraction of sp³-hybridized carbons (Fsp3) is 0.765. The van der Waals surface area contributed by atoms with Crippen LogP contribution in [0.25, 0.3) is 0 Å². The molecule has 0 fully saturated rings. The van der Waals surface area contributed by atoms with E-state index in [9.17, 15) is 4.79 Å². The maximum absolute atomic E-state index is 12.4. The van der Waals surface area contributed by atoms with E-state index in [2.05, 4.69) is 38.1 Å². The first kappa shape index (κ1) is 18.7. The normalized spacial score (nSPS) is 13.2. The molecule has 0 saturated carbocycles. The van der Waals surface area contributed by atoms with Crippen LogP contribution in [-0.4, -0.2) is 33.9 Å². The fourth-order valence-electron chi connectivity index (χ4n) is 2.07. The predicted octanol–water partition coefficient (Wildman–Crippen LogP) is 2.73. The van der Waals surface area contributed by atoms with Gasteiger partial charge in [-0.1, -0.05) is 47.5 Å².